The first kappa shape index (κ1) is 36.5. The van der Waals surface area contributed by atoms with Crippen molar-refractivity contribution in [1.29, 1.82) is 0 Å². The van der Waals surface area contributed by atoms with Crippen molar-refractivity contribution >= 4 is 13.7 Å². The fraction of sp³-hybridized carbons (Fsp3) is 0.964. The van der Waals surface area contributed by atoms with Crippen LogP contribution in [0.25, 0.3) is 0 Å². The van der Waals surface area contributed by atoms with Crippen LogP contribution in [0.2, 0.25) is 0 Å². The minimum Gasteiger partial charge on any atom is -0.756 e. The maximum absolute atomic E-state index is 12.3. The van der Waals surface area contributed by atoms with Gasteiger partial charge >= 0.3 is 0 Å². The molecule has 0 bridgehead atoms. The molecular formula is C28H59N2O6P. The lowest BCUT2D eigenvalue weighted by molar-refractivity contribution is -0.870. The quantitative estimate of drug-likeness (QED) is 0.0768. The van der Waals surface area contributed by atoms with Crippen LogP contribution in [0.3, 0.4) is 0 Å². The van der Waals surface area contributed by atoms with Crippen LogP contribution in [0.5, 0.6) is 0 Å². The maximum Gasteiger partial charge on any atom is 0.268 e. The molecule has 0 radical (unpaired) electrons. The zero-order valence-electron chi connectivity index (χ0n) is 24.8. The molecule has 0 saturated carbocycles. The molecule has 8 nitrogen and oxygen atoms in total. The number of quaternary nitrogens is 1. The van der Waals surface area contributed by atoms with Gasteiger partial charge in [-0.15, -0.1) is 0 Å². The molecule has 2 atom stereocenters. The molecule has 0 spiro atoms. The lowest BCUT2D eigenvalue weighted by Crippen LogP contribution is -2.38. The van der Waals surface area contributed by atoms with Crippen molar-refractivity contribution in [3.05, 3.63) is 0 Å². The Kier molecular flexibility index (Phi) is 23.1. The second-order valence-electron chi connectivity index (χ2n) is 11.2. The van der Waals surface area contributed by atoms with Crippen molar-refractivity contribution in [1.82, 2.24) is 5.32 Å². The first-order valence-corrected chi connectivity index (χ1v) is 16.3. The summed E-state index contributed by atoms with van der Waals surface area (Å²) in [7, 11) is 1.46. The SMILES string of the molecule is CCCCCCCCCCO[C@H](CNC(=O)CCCCCCCCC)COP(=O)([O-])OCC[N+](C)(C)C. The highest BCUT2D eigenvalue weighted by molar-refractivity contribution is 7.45. The fourth-order valence-electron chi connectivity index (χ4n) is 3.85. The van der Waals surface area contributed by atoms with Crippen LogP contribution in [-0.4, -0.2) is 70.5 Å². The van der Waals surface area contributed by atoms with Crippen LogP contribution in [0.15, 0.2) is 0 Å². The van der Waals surface area contributed by atoms with E-state index in [4.69, 9.17) is 13.8 Å². The van der Waals surface area contributed by atoms with Gasteiger partial charge in [0.1, 0.15) is 13.2 Å². The highest BCUT2D eigenvalue weighted by Gasteiger charge is 2.18. The summed E-state index contributed by atoms with van der Waals surface area (Å²) in [4.78, 5) is 24.5. The third kappa shape index (κ3) is 26.9. The molecule has 0 aliphatic carbocycles. The Morgan fingerprint density at radius 3 is 1.84 bits per heavy atom. The van der Waals surface area contributed by atoms with E-state index in [2.05, 4.69) is 19.2 Å². The second kappa shape index (κ2) is 23.4. The van der Waals surface area contributed by atoms with Crippen LogP contribution in [-0.2, 0) is 23.1 Å². The summed E-state index contributed by atoms with van der Waals surface area (Å²) in [5.41, 5.74) is 0. The molecule has 0 aliphatic heterocycles. The molecule has 1 unspecified atom stereocenters. The standard InChI is InChI=1S/C28H59N2O6P/c1-6-8-10-12-14-16-18-20-23-34-27(26-36-37(32,33)35-24-22-30(3,4)5)25-29-28(31)21-19-17-15-13-11-9-7-2/h27H,6-26H2,1-5H3,(H-,29,31,32,33)/t27-/m1/s1. The molecule has 0 heterocycles. The fourth-order valence-corrected chi connectivity index (χ4v) is 4.58. The number of carbonyl (C=O) groups is 1. The molecule has 222 valence electrons. The number of nitrogens with one attached hydrogen (secondary N) is 1. The topological polar surface area (TPSA) is 96.9 Å². The van der Waals surface area contributed by atoms with Gasteiger partial charge in [0.05, 0.1) is 33.9 Å². The van der Waals surface area contributed by atoms with Crippen molar-refractivity contribution < 1.29 is 32.5 Å². The smallest absolute Gasteiger partial charge is 0.268 e. The third-order valence-electron chi connectivity index (χ3n) is 6.32. The second-order valence-corrected chi connectivity index (χ2v) is 12.6. The Labute approximate surface area is 228 Å². The van der Waals surface area contributed by atoms with Crippen molar-refractivity contribution in [2.75, 3.05) is 54.1 Å². The van der Waals surface area contributed by atoms with Gasteiger partial charge in [-0.05, 0) is 12.8 Å². The van der Waals surface area contributed by atoms with E-state index in [9.17, 15) is 14.3 Å². The van der Waals surface area contributed by atoms with Crippen LogP contribution >= 0.6 is 7.82 Å². The lowest BCUT2D eigenvalue weighted by Gasteiger charge is -2.28. The molecule has 37 heavy (non-hydrogen) atoms. The third-order valence-corrected chi connectivity index (χ3v) is 7.28. The number of hydrogen-bond acceptors (Lipinski definition) is 6. The van der Waals surface area contributed by atoms with E-state index >= 15 is 0 Å². The molecule has 0 aromatic rings. The summed E-state index contributed by atoms with van der Waals surface area (Å²) in [5, 5.41) is 2.90. The van der Waals surface area contributed by atoms with Crippen molar-refractivity contribution in [2.24, 2.45) is 0 Å². The average molecular weight is 551 g/mol. The van der Waals surface area contributed by atoms with Gasteiger partial charge in [-0.2, -0.15) is 0 Å². The first-order chi connectivity index (χ1) is 17.6. The number of phosphoric acid groups is 1. The predicted molar refractivity (Wildman–Crippen MR) is 150 cm³/mol. The Hall–Kier alpha value is -0.500. The van der Waals surface area contributed by atoms with Gasteiger partial charge in [-0.25, -0.2) is 0 Å². The molecule has 1 N–H and O–H groups in total. The number of amides is 1. The number of carbonyl (C=O) groups excluding carboxylic acids is 1. The molecule has 0 aromatic carbocycles. The normalized spacial score (nSPS) is 14.4. The van der Waals surface area contributed by atoms with E-state index in [1.165, 1.54) is 70.6 Å². The minimum atomic E-state index is -4.43. The summed E-state index contributed by atoms with van der Waals surface area (Å²) in [6.07, 6.45) is 17.6. The van der Waals surface area contributed by atoms with Gasteiger partial charge < -0.3 is 28.5 Å². The Morgan fingerprint density at radius 1 is 0.784 bits per heavy atom. The molecule has 0 aromatic heterocycles. The van der Waals surface area contributed by atoms with E-state index in [-0.39, 0.29) is 25.7 Å². The number of unbranched alkanes of at least 4 members (excludes halogenated alkanes) is 13. The maximum atomic E-state index is 12.3. The van der Waals surface area contributed by atoms with Gasteiger partial charge in [0.15, 0.2) is 0 Å². The van der Waals surface area contributed by atoms with Crippen molar-refractivity contribution in [2.45, 2.75) is 123 Å². The van der Waals surface area contributed by atoms with Crippen LogP contribution in [0, 0.1) is 0 Å². The van der Waals surface area contributed by atoms with Gasteiger partial charge in [0.25, 0.3) is 7.82 Å². The predicted octanol–water partition coefficient (Wildman–Crippen LogP) is 5.98. The summed E-state index contributed by atoms with van der Waals surface area (Å²) < 4.78 is 28.8. The highest BCUT2D eigenvalue weighted by atomic mass is 31.2. The van der Waals surface area contributed by atoms with Crippen LogP contribution in [0.4, 0.5) is 0 Å². The molecule has 0 saturated heterocycles. The monoisotopic (exact) mass is 550 g/mol. The highest BCUT2D eigenvalue weighted by Crippen LogP contribution is 2.38. The average Bonchev–Trinajstić information content (AvgIpc) is 2.82. The summed E-state index contributed by atoms with van der Waals surface area (Å²) in [6, 6.07) is 0. The summed E-state index contributed by atoms with van der Waals surface area (Å²) in [6.45, 7) is 5.61. The molecule has 0 aliphatic rings. The number of phosphoric ester groups is 1. The Bertz CT molecular complexity index is 586. The van der Waals surface area contributed by atoms with E-state index in [1.54, 1.807) is 0 Å². The Balaban J connectivity index is 4.39. The van der Waals surface area contributed by atoms with Crippen LogP contribution in [0.1, 0.15) is 117 Å². The van der Waals surface area contributed by atoms with Crippen LogP contribution < -0.4 is 10.2 Å². The van der Waals surface area contributed by atoms with E-state index in [0.29, 0.717) is 24.1 Å². The van der Waals surface area contributed by atoms with Crippen molar-refractivity contribution in [3.63, 3.8) is 0 Å². The van der Waals surface area contributed by atoms with Gasteiger partial charge in [-0.3, -0.25) is 9.36 Å². The first-order valence-electron chi connectivity index (χ1n) is 14.9. The van der Waals surface area contributed by atoms with Gasteiger partial charge in [0.2, 0.25) is 5.91 Å². The van der Waals surface area contributed by atoms with Gasteiger partial charge in [-0.1, -0.05) is 97.3 Å². The zero-order chi connectivity index (χ0) is 27.8. The number of rotatable bonds is 27. The minimum absolute atomic E-state index is 0.0289. The van der Waals surface area contributed by atoms with Crippen molar-refractivity contribution in [3.8, 4) is 0 Å². The number of hydrogen-bond donors (Lipinski definition) is 1. The number of likely N-dealkylation sites (N-methyl/N-ethyl adjacent to an activating group) is 1. The molecule has 1 amide bonds. The Morgan fingerprint density at radius 2 is 1.30 bits per heavy atom. The summed E-state index contributed by atoms with van der Waals surface area (Å²) in [5.74, 6) is -0.0289. The molecule has 9 heteroatoms. The molecule has 0 fully saturated rings. The van der Waals surface area contributed by atoms with E-state index in [0.717, 1.165) is 25.7 Å². The number of ether oxygens (including phenoxy) is 1. The lowest BCUT2D eigenvalue weighted by atomic mass is 10.1. The molecule has 0 rings (SSSR count). The zero-order valence-corrected chi connectivity index (χ0v) is 25.7. The van der Waals surface area contributed by atoms with Gasteiger partial charge in [0, 0.05) is 19.6 Å². The summed E-state index contributed by atoms with van der Waals surface area (Å²) >= 11 is 0. The largest absolute Gasteiger partial charge is 0.756 e. The number of nitrogens with zero attached hydrogens (tertiary/aromatic N) is 1. The van der Waals surface area contributed by atoms with E-state index < -0.39 is 13.9 Å². The molecular weight excluding hydrogens is 491 g/mol. The van der Waals surface area contributed by atoms with E-state index in [1.807, 2.05) is 21.1 Å².